The van der Waals surface area contributed by atoms with Crippen LogP contribution in [0.25, 0.3) is 0 Å². The summed E-state index contributed by atoms with van der Waals surface area (Å²) in [6, 6.07) is 0. The molecule has 1 fully saturated rings. The molecular weight excluding hydrogens is 162 g/mol. The van der Waals surface area contributed by atoms with E-state index >= 15 is 0 Å². The van der Waals surface area contributed by atoms with Gasteiger partial charge in [-0.25, -0.2) is 0 Å². The van der Waals surface area contributed by atoms with Gasteiger partial charge in [-0.1, -0.05) is 6.92 Å². The van der Waals surface area contributed by atoms with E-state index in [9.17, 15) is 4.79 Å². The average molecular weight is 183 g/mol. The van der Waals surface area contributed by atoms with E-state index in [0.717, 1.165) is 25.3 Å². The molecule has 0 spiro atoms. The van der Waals surface area contributed by atoms with Crippen LogP contribution in [0.4, 0.5) is 0 Å². The van der Waals surface area contributed by atoms with Gasteiger partial charge in [0.15, 0.2) is 0 Å². The third-order valence-electron chi connectivity index (χ3n) is 3.22. The molecule has 76 valence electrons. The van der Waals surface area contributed by atoms with Crippen molar-refractivity contribution in [3.8, 4) is 0 Å². The lowest BCUT2D eigenvalue weighted by molar-refractivity contribution is -0.135. The number of hydrogen-bond acceptors (Lipinski definition) is 1. The first-order chi connectivity index (χ1) is 6.15. The largest absolute Gasteiger partial charge is 0.346 e. The van der Waals surface area contributed by atoms with Crippen molar-refractivity contribution >= 4 is 5.91 Å². The molecule has 0 unspecified atom stereocenters. The van der Waals surface area contributed by atoms with Crippen molar-refractivity contribution in [2.45, 2.75) is 39.5 Å². The maximum absolute atomic E-state index is 11.8. The van der Waals surface area contributed by atoms with Crippen molar-refractivity contribution in [1.29, 1.82) is 0 Å². The van der Waals surface area contributed by atoms with Gasteiger partial charge in [0.25, 0.3) is 0 Å². The minimum absolute atomic E-state index is 0.321. The van der Waals surface area contributed by atoms with Crippen LogP contribution in [0.2, 0.25) is 0 Å². The van der Waals surface area contributed by atoms with E-state index in [1.54, 1.807) is 0 Å². The fourth-order valence-electron chi connectivity index (χ4n) is 1.97. The number of hydrogen-bond donors (Lipinski definition) is 0. The molecule has 0 N–H and O–H groups in total. The standard InChI is InChI=1S/C11H21NO/c1-4-12(3)11(13)10-7-5-9(2)6-8-10/h9-10H,4-8H2,1-3H3/t9-,10-. The van der Waals surface area contributed by atoms with Crippen LogP contribution in [0.5, 0.6) is 0 Å². The van der Waals surface area contributed by atoms with E-state index in [1.165, 1.54) is 12.8 Å². The fraction of sp³-hybridized carbons (Fsp3) is 0.909. The highest BCUT2D eigenvalue weighted by atomic mass is 16.2. The monoisotopic (exact) mass is 183 g/mol. The molecule has 0 aliphatic heterocycles. The van der Waals surface area contributed by atoms with E-state index in [-0.39, 0.29) is 0 Å². The molecule has 0 aromatic carbocycles. The molecule has 13 heavy (non-hydrogen) atoms. The quantitative estimate of drug-likeness (QED) is 0.643. The lowest BCUT2D eigenvalue weighted by Crippen LogP contribution is -2.34. The van der Waals surface area contributed by atoms with Gasteiger partial charge in [-0.3, -0.25) is 4.79 Å². The Hall–Kier alpha value is -0.530. The highest BCUT2D eigenvalue weighted by Gasteiger charge is 2.25. The van der Waals surface area contributed by atoms with Crippen LogP contribution in [0.1, 0.15) is 39.5 Å². The summed E-state index contributed by atoms with van der Waals surface area (Å²) in [7, 11) is 1.90. The molecular formula is C11H21NO. The third-order valence-corrected chi connectivity index (χ3v) is 3.22. The molecule has 1 aliphatic carbocycles. The van der Waals surface area contributed by atoms with Crippen LogP contribution in [0.3, 0.4) is 0 Å². The van der Waals surface area contributed by atoms with Crippen molar-refractivity contribution in [3.63, 3.8) is 0 Å². The molecule has 0 radical (unpaired) electrons. The van der Waals surface area contributed by atoms with Gasteiger partial charge in [0.2, 0.25) is 5.91 Å². The van der Waals surface area contributed by atoms with Gasteiger partial charge in [0, 0.05) is 19.5 Å². The third kappa shape index (κ3) is 2.71. The van der Waals surface area contributed by atoms with Gasteiger partial charge in [0.05, 0.1) is 0 Å². The van der Waals surface area contributed by atoms with Crippen LogP contribution in [0, 0.1) is 11.8 Å². The highest BCUT2D eigenvalue weighted by Crippen LogP contribution is 2.29. The number of amides is 1. The Kier molecular flexibility index (Phi) is 3.76. The Bertz CT molecular complexity index is 171. The van der Waals surface area contributed by atoms with Crippen molar-refractivity contribution in [3.05, 3.63) is 0 Å². The average Bonchev–Trinajstić information content (AvgIpc) is 2.17. The summed E-state index contributed by atoms with van der Waals surface area (Å²) in [5.74, 6) is 1.51. The van der Waals surface area contributed by atoms with E-state index in [0.29, 0.717) is 11.8 Å². The first-order valence-corrected chi connectivity index (χ1v) is 5.40. The second-order valence-corrected chi connectivity index (χ2v) is 4.31. The fourth-order valence-corrected chi connectivity index (χ4v) is 1.97. The summed E-state index contributed by atoms with van der Waals surface area (Å²) in [5.41, 5.74) is 0. The molecule has 0 saturated heterocycles. The second kappa shape index (κ2) is 4.64. The van der Waals surface area contributed by atoms with Crippen molar-refractivity contribution in [2.24, 2.45) is 11.8 Å². The highest BCUT2D eigenvalue weighted by molar-refractivity contribution is 5.78. The molecule has 0 atom stereocenters. The molecule has 1 amide bonds. The van der Waals surface area contributed by atoms with E-state index in [1.807, 2.05) is 18.9 Å². The zero-order chi connectivity index (χ0) is 9.84. The summed E-state index contributed by atoms with van der Waals surface area (Å²) < 4.78 is 0. The van der Waals surface area contributed by atoms with Gasteiger partial charge >= 0.3 is 0 Å². The molecule has 1 saturated carbocycles. The number of carbonyl (C=O) groups excluding carboxylic acids is 1. The van der Waals surface area contributed by atoms with Gasteiger partial charge < -0.3 is 4.90 Å². The van der Waals surface area contributed by atoms with Gasteiger partial charge in [0.1, 0.15) is 0 Å². The topological polar surface area (TPSA) is 20.3 Å². The molecule has 1 rings (SSSR count). The summed E-state index contributed by atoms with van der Waals surface area (Å²) in [6.07, 6.45) is 4.66. The Morgan fingerprint density at radius 3 is 2.31 bits per heavy atom. The number of carbonyl (C=O) groups is 1. The van der Waals surface area contributed by atoms with Gasteiger partial charge in [-0.2, -0.15) is 0 Å². The molecule has 0 bridgehead atoms. The lowest BCUT2D eigenvalue weighted by Gasteiger charge is -2.28. The molecule has 2 nitrogen and oxygen atoms in total. The maximum atomic E-state index is 11.8. The smallest absolute Gasteiger partial charge is 0.225 e. The van der Waals surface area contributed by atoms with Gasteiger partial charge in [-0.15, -0.1) is 0 Å². The molecule has 1 aliphatic rings. The Labute approximate surface area is 81.3 Å². The minimum atomic E-state index is 0.321. The lowest BCUT2D eigenvalue weighted by atomic mass is 9.82. The van der Waals surface area contributed by atoms with Crippen LogP contribution in [-0.2, 0) is 4.79 Å². The van der Waals surface area contributed by atoms with Gasteiger partial charge in [-0.05, 0) is 38.5 Å². The van der Waals surface area contributed by atoms with Crippen molar-refractivity contribution < 1.29 is 4.79 Å². The molecule has 2 heteroatoms. The summed E-state index contributed by atoms with van der Waals surface area (Å²) in [5, 5.41) is 0. The predicted molar refractivity (Wildman–Crippen MR) is 54.4 cm³/mol. The Morgan fingerprint density at radius 1 is 1.31 bits per heavy atom. The van der Waals surface area contributed by atoms with E-state index in [4.69, 9.17) is 0 Å². The van der Waals surface area contributed by atoms with E-state index in [2.05, 4.69) is 6.92 Å². The first kappa shape index (κ1) is 10.6. The second-order valence-electron chi connectivity index (χ2n) is 4.31. The van der Waals surface area contributed by atoms with Crippen LogP contribution < -0.4 is 0 Å². The summed E-state index contributed by atoms with van der Waals surface area (Å²) in [6.45, 7) is 5.15. The van der Waals surface area contributed by atoms with Crippen LogP contribution >= 0.6 is 0 Å². The summed E-state index contributed by atoms with van der Waals surface area (Å²) in [4.78, 5) is 13.6. The SMILES string of the molecule is CCN(C)C(=O)[C@H]1CC[C@H](C)CC1. The zero-order valence-corrected chi connectivity index (χ0v) is 9.05. The van der Waals surface area contributed by atoms with E-state index < -0.39 is 0 Å². The Morgan fingerprint density at radius 2 is 1.85 bits per heavy atom. The number of nitrogens with zero attached hydrogens (tertiary/aromatic N) is 1. The predicted octanol–water partition coefficient (Wildman–Crippen LogP) is 2.29. The minimum Gasteiger partial charge on any atom is -0.346 e. The zero-order valence-electron chi connectivity index (χ0n) is 9.05. The van der Waals surface area contributed by atoms with Crippen molar-refractivity contribution in [2.75, 3.05) is 13.6 Å². The molecule has 0 aromatic heterocycles. The van der Waals surface area contributed by atoms with Crippen LogP contribution in [0.15, 0.2) is 0 Å². The Balaban J connectivity index is 2.40. The van der Waals surface area contributed by atoms with Crippen LogP contribution in [-0.4, -0.2) is 24.4 Å². The summed E-state index contributed by atoms with van der Waals surface area (Å²) >= 11 is 0. The maximum Gasteiger partial charge on any atom is 0.225 e. The van der Waals surface area contributed by atoms with Crippen molar-refractivity contribution in [1.82, 2.24) is 4.90 Å². The molecule has 0 aromatic rings. The first-order valence-electron chi connectivity index (χ1n) is 5.40. The number of rotatable bonds is 2. The molecule has 0 heterocycles. The normalized spacial score (nSPS) is 28.5.